The number of primary amides is 1. The van der Waals surface area contributed by atoms with Crippen LogP contribution in [0.5, 0.6) is 0 Å². The molecule has 0 spiro atoms. The van der Waals surface area contributed by atoms with Crippen LogP contribution >= 0.6 is 11.3 Å². The van der Waals surface area contributed by atoms with Gasteiger partial charge in [0.25, 0.3) is 5.91 Å². The first kappa shape index (κ1) is 14.0. The van der Waals surface area contributed by atoms with Crippen molar-refractivity contribution in [2.45, 2.75) is 13.3 Å². The van der Waals surface area contributed by atoms with Gasteiger partial charge in [0, 0.05) is 5.69 Å². The van der Waals surface area contributed by atoms with Crippen LogP contribution in [0.1, 0.15) is 20.9 Å². The molecule has 20 heavy (non-hydrogen) atoms. The number of carbonyl (C=O) groups excluding carboxylic acids is 2. The average molecular weight is 290 g/mol. The monoisotopic (exact) mass is 290 g/mol. The number of hydrogen-bond donors (Lipinski definition) is 3. The zero-order valence-corrected chi connectivity index (χ0v) is 11.7. The predicted octanol–water partition coefficient (Wildman–Crippen LogP) is 1.31. The summed E-state index contributed by atoms with van der Waals surface area (Å²) in [6.45, 7) is 1.73. The molecule has 0 fully saturated rings. The van der Waals surface area contributed by atoms with Crippen molar-refractivity contribution in [1.82, 2.24) is 4.98 Å². The van der Waals surface area contributed by atoms with Crippen LogP contribution < -0.4 is 16.8 Å². The van der Waals surface area contributed by atoms with Crippen molar-refractivity contribution in [3.05, 3.63) is 40.4 Å². The Hall–Kier alpha value is -2.41. The van der Waals surface area contributed by atoms with Gasteiger partial charge in [0.2, 0.25) is 5.91 Å². The molecule has 0 aliphatic rings. The number of thiazole rings is 1. The van der Waals surface area contributed by atoms with Crippen LogP contribution in [0.25, 0.3) is 0 Å². The van der Waals surface area contributed by atoms with Gasteiger partial charge in [0.1, 0.15) is 4.88 Å². The number of aryl methyl sites for hydroxylation is 1. The molecule has 0 atom stereocenters. The van der Waals surface area contributed by atoms with Crippen molar-refractivity contribution < 1.29 is 9.59 Å². The van der Waals surface area contributed by atoms with E-state index in [2.05, 4.69) is 10.3 Å². The van der Waals surface area contributed by atoms with Crippen molar-refractivity contribution in [3.63, 3.8) is 0 Å². The standard InChI is InChI=1S/C13H14N4O2S/c1-7-11(20-13(15)16-7)12(19)17-9-4-2-8(3-5-9)6-10(14)18/h2-5H,6H2,1H3,(H2,14,18)(H2,15,16)(H,17,19). The number of nitrogens with zero attached hydrogens (tertiary/aromatic N) is 1. The minimum absolute atomic E-state index is 0.179. The molecule has 0 saturated carbocycles. The zero-order chi connectivity index (χ0) is 14.7. The maximum Gasteiger partial charge on any atom is 0.267 e. The Bertz CT molecular complexity index is 649. The third-order valence-electron chi connectivity index (χ3n) is 2.61. The first-order valence-corrected chi connectivity index (χ1v) is 6.69. The highest BCUT2D eigenvalue weighted by Gasteiger charge is 2.14. The van der Waals surface area contributed by atoms with Gasteiger partial charge in [-0.1, -0.05) is 23.5 Å². The van der Waals surface area contributed by atoms with Gasteiger partial charge in [0.05, 0.1) is 12.1 Å². The molecule has 0 aliphatic heterocycles. The van der Waals surface area contributed by atoms with Crippen LogP contribution in [0.4, 0.5) is 10.8 Å². The lowest BCUT2D eigenvalue weighted by atomic mass is 10.1. The second-order valence-electron chi connectivity index (χ2n) is 4.26. The fraction of sp³-hybridized carbons (Fsp3) is 0.154. The number of nitrogens with two attached hydrogens (primary N) is 2. The Morgan fingerprint density at radius 1 is 1.30 bits per heavy atom. The van der Waals surface area contributed by atoms with Crippen LogP contribution in [0.3, 0.4) is 0 Å². The molecule has 0 saturated heterocycles. The Kier molecular flexibility index (Phi) is 3.99. The molecule has 1 aromatic carbocycles. The SMILES string of the molecule is Cc1nc(N)sc1C(=O)Nc1ccc(CC(N)=O)cc1. The number of rotatable bonds is 4. The summed E-state index contributed by atoms with van der Waals surface area (Å²) in [5.74, 6) is -0.642. The van der Waals surface area contributed by atoms with Gasteiger partial charge in [-0.25, -0.2) is 4.98 Å². The van der Waals surface area contributed by atoms with E-state index in [0.717, 1.165) is 16.9 Å². The lowest BCUT2D eigenvalue weighted by Gasteiger charge is -2.05. The molecule has 0 radical (unpaired) electrons. The summed E-state index contributed by atoms with van der Waals surface area (Å²) in [5.41, 5.74) is 12.7. The molecule has 2 rings (SSSR count). The zero-order valence-electron chi connectivity index (χ0n) is 10.8. The van der Waals surface area contributed by atoms with Gasteiger partial charge < -0.3 is 16.8 Å². The summed E-state index contributed by atoms with van der Waals surface area (Å²) in [6.07, 6.45) is 0.179. The highest BCUT2D eigenvalue weighted by atomic mass is 32.1. The first-order valence-electron chi connectivity index (χ1n) is 5.87. The number of anilines is 2. The fourth-order valence-electron chi connectivity index (χ4n) is 1.72. The van der Waals surface area contributed by atoms with Crippen LogP contribution in [0.2, 0.25) is 0 Å². The summed E-state index contributed by atoms with van der Waals surface area (Å²) >= 11 is 1.15. The molecule has 0 aliphatic carbocycles. The second kappa shape index (κ2) is 5.70. The number of nitrogen functional groups attached to an aromatic ring is 1. The van der Waals surface area contributed by atoms with Gasteiger partial charge in [-0.05, 0) is 24.6 Å². The summed E-state index contributed by atoms with van der Waals surface area (Å²) in [4.78, 5) is 27.3. The molecule has 2 amide bonds. The third-order valence-corrected chi connectivity index (χ3v) is 3.59. The van der Waals surface area contributed by atoms with Gasteiger partial charge in [-0.3, -0.25) is 9.59 Å². The quantitative estimate of drug-likeness (QED) is 0.788. The van der Waals surface area contributed by atoms with Gasteiger partial charge >= 0.3 is 0 Å². The summed E-state index contributed by atoms with van der Waals surface area (Å²) in [7, 11) is 0. The number of hydrogen-bond acceptors (Lipinski definition) is 5. The fourth-order valence-corrected chi connectivity index (χ4v) is 2.45. The Morgan fingerprint density at radius 3 is 2.45 bits per heavy atom. The maximum atomic E-state index is 12.0. The van der Waals surface area contributed by atoms with E-state index in [1.165, 1.54) is 0 Å². The van der Waals surface area contributed by atoms with E-state index in [1.54, 1.807) is 31.2 Å². The number of carbonyl (C=O) groups is 2. The van der Waals surface area contributed by atoms with Crippen molar-refractivity contribution in [2.24, 2.45) is 5.73 Å². The van der Waals surface area contributed by atoms with Crippen LogP contribution in [-0.2, 0) is 11.2 Å². The van der Waals surface area contributed by atoms with E-state index in [9.17, 15) is 9.59 Å². The molecule has 7 heteroatoms. The van der Waals surface area contributed by atoms with E-state index >= 15 is 0 Å². The molecule has 1 aromatic heterocycles. The predicted molar refractivity (Wildman–Crippen MR) is 78.6 cm³/mol. The van der Waals surface area contributed by atoms with E-state index in [4.69, 9.17) is 11.5 Å². The first-order chi connectivity index (χ1) is 9.45. The van der Waals surface area contributed by atoms with Gasteiger partial charge in [-0.15, -0.1) is 0 Å². The largest absolute Gasteiger partial charge is 0.375 e. The molecule has 6 nitrogen and oxygen atoms in total. The Balaban J connectivity index is 2.08. The van der Waals surface area contributed by atoms with Crippen molar-refractivity contribution in [1.29, 1.82) is 0 Å². The molecule has 1 heterocycles. The lowest BCUT2D eigenvalue weighted by Crippen LogP contribution is -2.14. The summed E-state index contributed by atoms with van der Waals surface area (Å²) < 4.78 is 0. The molecular formula is C13H14N4O2S. The van der Waals surface area contributed by atoms with Crippen LogP contribution in [0, 0.1) is 6.92 Å². The highest BCUT2D eigenvalue weighted by Crippen LogP contribution is 2.21. The van der Waals surface area contributed by atoms with E-state index in [1.807, 2.05) is 0 Å². The van der Waals surface area contributed by atoms with E-state index < -0.39 is 5.91 Å². The molecule has 0 unspecified atom stereocenters. The van der Waals surface area contributed by atoms with Gasteiger partial charge in [0.15, 0.2) is 5.13 Å². The maximum absolute atomic E-state index is 12.0. The lowest BCUT2D eigenvalue weighted by molar-refractivity contribution is -0.117. The highest BCUT2D eigenvalue weighted by molar-refractivity contribution is 7.17. The van der Waals surface area contributed by atoms with E-state index in [-0.39, 0.29) is 12.3 Å². The van der Waals surface area contributed by atoms with Crippen LogP contribution in [0.15, 0.2) is 24.3 Å². The topological polar surface area (TPSA) is 111 Å². The van der Waals surface area contributed by atoms with Crippen molar-refractivity contribution in [2.75, 3.05) is 11.1 Å². The van der Waals surface area contributed by atoms with Crippen molar-refractivity contribution in [3.8, 4) is 0 Å². The minimum Gasteiger partial charge on any atom is -0.375 e. The molecule has 2 aromatic rings. The number of benzene rings is 1. The minimum atomic E-state index is -0.391. The number of nitrogens with one attached hydrogen (secondary N) is 1. The Morgan fingerprint density at radius 2 is 1.95 bits per heavy atom. The normalized spacial score (nSPS) is 10.2. The number of aromatic nitrogens is 1. The number of amides is 2. The molecular weight excluding hydrogens is 276 g/mol. The van der Waals surface area contributed by atoms with Crippen molar-refractivity contribution >= 4 is 34.0 Å². The average Bonchev–Trinajstić information content (AvgIpc) is 2.70. The summed E-state index contributed by atoms with van der Waals surface area (Å²) in [5, 5.41) is 3.12. The molecule has 104 valence electrons. The Labute approximate surface area is 119 Å². The van der Waals surface area contributed by atoms with Crippen LogP contribution in [-0.4, -0.2) is 16.8 Å². The smallest absolute Gasteiger partial charge is 0.267 e. The third kappa shape index (κ3) is 3.33. The molecule has 0 bridgehead atoms. The molecule has 5 N–H and O–H groups in total. The van der Waals surface area contributed by atoms with Gasteiger partial charge in [-0.2, -0.15) is 0 Å². The second-order valence-corrected chi connectivity index (χ2v) is 5.29. The van der Waals surface area contributed by atoms with E-state index in [0.29, 0.717) is 21.4 Å². The summed E-state index contributed by atoms with van der Waals surface area (Å²) in [6, 6.07) is 6.92.